The fourth-order valence-corrected chi connectivity index (χ4v) is 1.98. The normalized spacial score (nSPS) is 13.9. The fraction of sp³-hybridized carbons (Fsp3) is 0.467. The van der Waals surface area contributed by atoms with E-state index < -0.39 is 0 Å². The predicted octanol–water partition coefficient (Wildman–Crippen LogP) is 0.640. The number of amides is 1. The summed E-state index contributed by atoms with van der Waals surface area (Å²) in [5, 5.41) is 9.17. The van der Waals surface area contributed by atoms with Crippen molar-refractivity contribution in [2.24, 2.45) is 4.99 Å². The first-order valence-corrected chi connectivity index (χ1v) is 7.28. The van der Waals surface area contributed by atoms with Crippen LogP contribution >= 0.6 is 0 Å². The van der Waals surface area contributed by atoms with Crippen LogP contribution in [0.5, 0.6) is 5.75 Å². The molecule has 21 heavy (non-hydrogen) atoms. The Bertz CT molecular complexity index is 502. The summed E-state index contributed by atoms with van der Waals surface area (Å²) in [6.45, 7) is 5.03. The lowest BCUT2D eigenvalue weighted by Gasteiger charge is -2.16. The van der Waals surface area contributed by atoms with Crippen LogP contribution in [0.15, 0.2) is 29.3 Å². The monoisotopic (exact) mass is 290 g/mol. The van der Waals surface area contributed by atoms with Gasteiger partial charge in [0.15, 0.2) is 12.6 Å². The number of nitrogens with zero attached hydrogens (tertiary/aromatic N) is 1. The van der Waals surface area contributed by atoms with Gasteiger partial charge in [0.25, 0.3) is 5.91 Å². The second kappa shape index (κ2) is 8.14. The SMILES string of the molecule is CCNC(=O)COc1cccc(CNC2=NCCCN2)c1. The first-order valence-electron chi connectivity index (χ1n) is 7.28. The molecule has 0 aliphatic carbocycles. The number of benzene rings is 1. The standard InChI is InChI=1S/C15H22N4O2/c1-2-16-14(20)11-21-13-6-3-5-12(9-13)10-19-15-17-7-4-8-18-15/h3,5-6,9H,2,4,7-8,10-11H2,1H3,(H,16,20)(H2,17,18,19). The number of hydrogen-bond donors (Lipinski definition) is 3. The minimum absolute atomic E-state index is 0.0407. The molecule has 0 atom stereocenters. The number of ether oxygens (including phenoxy) is 1. The molecule has 0 unspecified atom stereocenters. The molecule has 0 fully saturated rings. The van der Waals surface area contributed by atoms with Crippen molar-refractivity contribution in [3.05, 3.63) is 29.8 Å². The van der Waals surface area contributed by atoms with Gasteiger partial charge in [0, 0.05) is 26.2 Å². The van der Waals surface area contributed by atoms with Gasteiger partial charge >= 0.3 is 0 Å². The van der Waals surface area contributed by atoms with Crippen LogP contribution < -0.4 is 20.7 Å². The highest BCUT2D eigenvalue weighted by Gasteiger charge is 2.05. The first kappa shape index (κ1) is 15.2. The Hall–Kier alpha value is -2.24. The Morgan fingerprint density at radius 1 is 1.48 bits per heavy atom. The summed E-state index contributed by atoms with van der Waals surface area (Å²) in [6.07, 6.45) is 1.08. The summed E-state index contributed by atoms with van der Waals surface area (Å²) >= 11 is 0. The highest BCUT2D eigenvalue weighted by Crippen LogP contribution is 2.13. The lowest BCUT2D eigenvalue weighted by molar-refractivity contribution is -0.122. The van der Waals surface area contributed by atoms with Gasteiger partial charge in [-0.15, -0.1) is 0 Å². The number of carbonyl (C=O) groups excluding carboxylic acids is 1. The van der Waals surface area contributed by atoms with Gasteiger partial charge in [-0.05, 0) is 31.0 Å². The molecule has 0 radical (unpaired) electrons. The average Bonchev–Trinajstić information content (AvgIpc) is 2.53. The van der Waals surface area contributed by atoms with Crippen molar-refractivity contribution >= 4 is 11.9 Å². The van der Waals surface area contributed by atoms with E-state index in [1.165, 1.54) is 0 Å². The van der Waals surface area contributed by atoms with Crippen LogP contribution in [0, 0.1) is 0 Å². The van der Waals surface area contributed by atoms with E-state index in [0.29, 0.717) is 18.8 Å². The molecule has 1 aromatic carbocycles. The molecule has 1 aromatic rings. The molecule has 2 rings (SSSR count). The van der Waals surface area contributed by atoms with Crippen LogP contribution in [0.25, 0.3) is 0 Å². The summed E-state index contributed by atoms with van der Waals surface area (Å²) in [5.74, 6) is 1.43. The molecule has 0 saturated heterocycles. The van der Waals surface area contributed by atoms with Crippen molar-refractivity contribution in [1.82, 2.24) is 16.0 Å². The van der Waals surface area contributed by atoms with E-state index in [1.54, 1.807) is 0 Å². The van der Waals surface area contributed by atoms with Gasteiger partial charge < -0.3 is 20.7 Å². The predicted molar refractivity (Wildman–Crippen MR) is 82.4 cm³/mol. The minimum atomic E-state index is -0.109. The molecule has 0 bridgehead atoms. The van der Waals surface area contributed by atoms with E-state index in [1.807, 2.05) is 31.2 Å². The van der Waals surface area contributed by atoms with Crippen LogP contribution in [-0.2, 0) is 11.3 Å². The van der Waals surface area contributed by atoms with Gasteiger partial charge in [0.2, 0.25) is 0 Å². The smallest absolute Gasteiger partial charge is 0.257 e. The van der Waals surface area contributed by atoms with Gasteiger partial charge in [-0.3, -0.25) is 9.79 Å². The third-order valence-corrected chi connectivity index (χ3v) is 3.00. The van der Waals surface area contributed by atoms with E-state index in [4.69, 9.17) is 4.74 Å². The molecule has 1 heterocycles. The van der Waals surface area contributed by atoms with E-state index in [0.717, 1.165) is 31.0 Å². The number of rotatable bonds is 6. The Balaban J connectivity index is 1.82. The van der Waals surface area contributed by atoms with Crippen LogP contribution in [0.3, 0.4) is 0 Å². The van der Waals surface area contributed by atoms with Crippen molar-refractivity contribution in [3.63, 3.8) is 0 Å². The second-order valence-corrected chi connectivity index (χ2v) is 4.75. The topological polar surface area (TPSA) is 74.8 Å². The molecule has 114 valence electrons. The van der Waals surface area contributed by atoms with Gasteiger partial charge in [0.05, 0.1) is 0 Å². The maximum atomic E-state index is 11.4. The summed E-state index contributed by atoms with van der Waals surface area (Å²) in [4.78, 5) is 15.7. The molecular formula is C15H22N4O2. The number of aliphatic imine (C=N–C) groups is 1. The van der Waals surface area contributed by atoms with Crippen molar-refractivity contribution in [2.75, 3.05) is 26.2 Å². The third-order valence-electron chi connectivity index (χ3n) is 3.00. The Labute approximate surface area is 125 Å². The highest BCUT2D eigenvalue weighted by atomic mass is 16.5. The molecule has 6 heteroatoms. The number of hydrogen-bond acceptors (Lipinski definition) is 5. The van der Waals surface area contributed by atoms with E-state index in [-0.39, 0.29) is 12.5 Å². The van der Waals surface area contributed by atoms with Crippen LogP contribution in [-0.4, -0.2) is 38.1 Å². The first-order chi connectivity index (χ1) is 10.3. The Kier molecular flexibility index (Phi) is 5.87. The van der Waals surface area contributed by atoms with E-state index in [9.17, 15) is 4.79 Å². The summed E-state index contributed by atoms with van der Waals surface area (Å²) in [7, 11) is 0. The Morgan fingerprint density at radius 2 is 2.38 bits per heavy atom. The van der Waals surface area contributed by atoms with Crippen molar-refractivity contribution in [2.45, 2.75) is 19.9 Å². The Morgan fingerprint density at radius 3 is 3.14 bits per heavy atom. The van der Waals surface area contributed by atoms with Crippen molar-refractivity contribution in [1.29, 1.82) is 0 Å². The van der Waals surface area contributed by atoms with Crippen LogP contribution in [0.2, 0.25) is 0 Å². The molecule has 3 N–H and O–H groups in total. The quantitative estimate of drug-likeness (QED) is 0.719. The number of carbonyl (C=O) groups is 1. The maximum Gasteiger partial charge on any atom is 0.257 e. The summed E-state index contributed by atoms with van der Waals surface area (Å²) < 4.78 is 5.47. The zero-order valence-corrected chi connectivity index (χ0v) is 12.3. The summed E-state index contributed by atoms with van der Waals surface area (Å²) in [5.41, 5.74) is 1.08. The lowest BCUT2D eigenvalue weighted by Crippen LogP contribution is -2.40. The molecule has 1 aliphatic heterocycles. The molecule has 0 aromatic heterocycles. The van der Waals surface area contributed by atoms with Gasteiger partial charge in [0.1, 0.15) is 5.75 Å². The van der Waals surface area contributed by atoms with E-state index >= 15 is 0 Å². The molecule has 0 spiro atoms. The average molecular weight is 290 g/mol. The molecule has 1 aliphatic rings. The van der Waals surface area contributed by atoms with E-state index in [2.05, 4.69) is 20.9 Å². The van der Waals surface area contributed by atoms with Gasteiger partial charge in [-0.1, -0.05) is 12.1 Å². The largest absolute Gasteiger partial charge is 0.484 e. The number of likely N-dealkylation sites (N-methyl/N-ethyl adjacent to an activating group) is 1. The highest BCUT2D eigenvalue weighted by molar-refractivity contribution is 5.80. The minimum Gasteiger partial charge on any atom is -0.484 e. The molecular weight excluding hydrogens is 268 g/mol. The van der Waals surface area contributed by atoms with Gasteiger partial charge in [-0.2, -0.15) is 0 Å². The third kappa shape index (κ3) is 5.33. The summed E-state index contributed by atoms with van der Waals surface area (Å²) in [6, 6.07) is 7.70. The second-order valence-electron chi connectivity index (χ2n) is 4.75. The number of nitrogens with one attached hydrogen (secondary N) is 3. The maximum absolute atomic E-state index is 11.4. The molecule has 6 nitrogen and oxygen atoms in total. The van der Waals surface area contributed by atoms with Gasteiger partial charge in [-0.25, -0.2) is 0 Å². The number of guanidine groups is 1. The molecule has 1 amide bonds. The van der Waals surface area contributed by atoms with Crippen molar-refractivity contribution < 1.29 is 9.53 Å². The van der Waals surface area contributed by atoms with Crippen LogP contribution in [0.4, 0.5) is 0 Å². The zero-order chi connectivity index (χ0) is 14.9. The van der Waals surface area contributed by atoms with Crippen molar-refractivity contribution in [3.8, 4) is 5.75 Å². The zero-order valence-electron chi connectivity index (χ0n) is 12.3. The molecule has 0 saturated carbocycles. The lowest BCUT2D eigenvalue weighted by atomic mass is 10.2. The fourth-order valence-electron chi connectivity index (χ4n) is 1.98. The van der Waals surface area contributed by atoms with Crippen LogP contribution in [0.1, 0.15) is 18.9 Å².